The van der Waals surface area contributed by atoms with Gasteiger partial charge < -0.3 is 40.2 Å². The fourth-order valence-corrected chi connectivity index (χ4v) is 2.65. The Bertz CT molecular complexity index is 757. The summed E-state index contributed by atoms with van der Waals surface area (Å²) >= 11 is 0. The summed E-state index contributed by atoms with van der Waals surface area (Å²) in [6.07, 6.45) is 0. The first-order chi connectivity index (χ1) is 14.3. The van der Waals surface area contributed by atoms with Crippen LogP contribution in [0.3, 0.4) is 0 Å². The highest BCUT2D eigenvalue weighted by molar-refractivity contribution is 6.17. The Kier molecular flexibility index (Phi) is 9.52. The predicted octanol–water partition coefficient (Wildman–Crippen LogP) is -0.407. The minimum absolute atomic E-state index is 0.126. The summed E-state index contributed by atoms with van der Waals surface area (Å²) in [6.45, 7) is -0.638. The second-order valence-electron chi connectivity index (χ2n) is 5.69. The molecular weight excluding hydrogens is 400 g/mol. The highest BCUT2D eigenvalue weighted by atomic mass is 16.5. The van der Waals surface area contributed by atoms with Crippen LogP contribution in [0.5, 0.6) is 11.5 Å². The number of carbonyl (C=O) groups excluding carboxylic acids is 4. The first-order valence-electron chi connectivity index (χ1n) is 8.64. The fourth-order valence-electron chi connectivity index (χ4n) is 2.65. The molecule has 0 aromatic heterocycles. The third-order valence-electron chi connectivity index (χ3n) is 3.80. The fraction of sp³-hybridized carbons (Fsp3) is 0.444. The van der Waals surface area contributed by atoms with Crippen LogP contribution in [0, 0.1) is 0 Å². The first kappa shape index (κ1) is 24.7. The molecule has 1 rings (SSSR count). The number of nitrogens with one attached hydrogen (secondary N) is 4. The van der Waals surface area contributed by atoms with Crippen molar-refractivity contribution in [2.24, 2.45) is 0 Å². The second-order valence-corrected chi connectivity index (χ2v) is 5.69. The third kappa shape index (κ3) is 5.36. The maximum Gasteiger partial charge on any atom is 0.257 e. The average molecular weight is 426 g/mol. The van der Waals surface area contributed by atoms with Crippen LogP contribution in [0.1, 0.15) is 20.7 Å². The second kappa shape index (κ2) is 11.6. The van der Waals surface area contributed by atoms with E-state index in [1.54, 1.807) is 0 Å². The summed E-state index contributed by atoms with van der Waals surface area (Å²) in [4.78, 5) is 49.7. The van der Waals surface area contributed by atoms with E-state index >= 15 is 0 Å². The van der Waals surface area contributed by atoms with Gasteiger partial charge >= 0.3 is 0 Å². The van der Waals surface area contributed by atoms with Crippen molar-refractivity contribution < 1.29 is 38.1 Å². The zero-order chi connectivity index (χ0) is 22.8. The van der Waals surface area contributed by atoms with Crippen LogP contribution >= 0.6 is 0 Å². The van der Waals surface area contributed by atoms with Gasteiger partial charge in [0.25, 0.3) is 11.8 Å². The average Bonchev–Trinajstić information content (AvgIpc) is 2.72. The molecule has 0 fully saturated rings. The van der Waals surface area contributed by atoms with Crippen LogP contribution in [0.15, 0.2) is 0 Å². The Morgan fingerprint density at radius 2 is 1.00 bits per heavy atom. The summed E-state index contributed by atoms with van der Waals surface area (Å²) < 4.78 is 20.3. The zero-order valence-electron chi connectivity index (χ0n) is 17.7. The van der Waals surface area contributed by atoms with Crippen LogP contribution in [0.2, 0.25) is 0 Å². The normalized spacial score (nSPS) is 10.1. The van der Waals surface area contributed by atoms with E-state index in [-0.39, 0.29) is 47.2 Å². The minimum Gasteiger partial charge on any atom is -0.494 e. The quantitative estimate of drug-likeness (QED) is 0.394. The molecule has 0 aliphatic heterocycles. The molecule has 1 aromatic carbocycles. The van der Waals surface area contributed by atoms with Crippen molar-refractivity contribution in [3.05, 3.63) is 11.1 Å². The summed E-state index contributed by atoms with van der Waals surface area (Å²) in [5.41, 5.74) is -0.582. The van der Waals surface area contributed by atoms with Gasteiger partial charge in [-0.05, 0) is 0 Å². The van der Waals surface area contributed by atoms with Gasteiger partial charge in [-0.25, -0.2) is 0 Å². The molecule has 4 N–H and O–H groups in total. The van der Waals surface area contributed by atoms with Gasteiger partial charge in [0.05, 0.1) is 14.2 Å². The van der Waals surface area contributed by atoms with E-state index in [2.05, 4.69) is 21.3 Å². The number of benzene rings is 1. The SMILES string of the molecule is CNC(=O)c1c(NC(=O)COC)c(OC)c(C(=O)NC)c(NC(=O)COC)c1OC. The number of methoxy groups -OCH3 is 4. The van der Waals surface area contributed by atoms with Gasteiger partial charge in [0.15, 0.2) is 11.5 Å². The highest BCUT2D eigenvalue weighted by Gasteiger charge is 2.33. The zero-order valence-corrected chi connectivity index (χ0v) is 17.7. The van der Waals surface area contributed by atoms with E-state index < -0.39 is 23.6 Å². The van der Waals surface area contributed by atoms with Crippen LogP contribution < -0.4 is 30.7 Å². The van der Waals surface area contributed by atoms with Crippen molar-refractivity contribution in [1.29, 1.82) is 0 Å². The molecule has 30 heavy (non-hydrogen) atoms. The monoisotopic (exact) mass is 426 g/mol. The molecule has 0 radical (unpaired) electrons. The smallest absolute Gasteiger partial charge is 0.257 e. The Morgan fingerprint density at radius 3 is 1.23 bits per heavy atom. The summed E-state index contributed by atoms with van der Waals surface area (Å²) in [5, 5.41) is 9.85. The van der Waals surface area contributed by atoms with E-state index in [9.17, 15) is 19.2 Å². The molecule has 0 aliphatic rings. The standard InChI is InChI=1S/C18H26N4O8/c1-19-17(25)11-13(21-9(23)7-27-3)16(30-6)12(18(26)20-2)14(15(11)29-5)22-10(24)8-28-4/h7-8H2,1-6H3,(H,19,25)(H,20,26)(H,21,23)(H,22,24). The summed E-state index contributed by atoms with van der Waals surface area (Å²) in [5.74, 6) is -2.87. The predicted molar refractivity (Wildman–Crippen MR) is 107 cm³/mol. The van der Waals surface area contributed by atoms with Gasteiger partial charge in [0.1, 0.15) is 35.7 Å². The molecule has 0 spiro atoms. The number of hydrogen-bond acceptors (Lipinski definition) is 8. The molecule has 0 bridgehead atoms. The third-order valence-corrected chi connectivity index (χ3v) is 3.80. The lowest BCUT2D eigenvalue weighted by atomic mass is 10.0. The number of hydrogen-bond donors (Lipinski definition) is 4. The number of anilines is 2. The van der Waals surface area contributed by atoms with Crippen LogP contribution in [0.4, 0.5) is 11.4 Å². The molecule has 12 heteroatoms. The highest BCUT2D eigenvalue weighted by Crippen LogP contribution is 2.46. The molecule has 0 aliphatic carbocycles. The van der Waals surface area contributed by atoms with E-state index in [0.29, 0.717) is 0 Å². The van der Waals surface area contributed by atoms with Gasteiger partial charge in [-0.15, -0.1) is 0 Å². The lowest BCUT2D eigenvalue weighted by Crippen LogP contribution is -2.29. The van der Waals surface area contributed by atoms with Crippen LogP contribution in [-0.4, -0.2) is 79.4 Å². The molecule has 12 nitrogen and oxygen atoms in total. The van der Waals surface area contributed by atoms with Crippen LogP contribution in [-0.2, 0) is 19.1 Å². The topological polar surface area (TPSA) is 153 Å². The summed E-state index contributed by atoms with van der Waals surface area (Å²) in [7, 11) is 7.86. The maximum atomic E-state index is 12.7. The minimum atomic E-state index is -0.663. The Hall–Kier alpha value is -3.38. The Balaban J connectivity index is 4.00. The van der Waals surface area contributed by atoms with Gasteiger partial charge in [0, 0.05) is 28.3 Å². The van der Waals surface area contributed by atoms with Crippen molar-refractivity contribution in [1.82, 2.24) is 10.6 Å². The molecule has 0 unspecified atom stereocenters. The first-order valence-corrected chi connectivity index (χ1v) is 8.64. The van der Waals surface area contributed by atoms with Crippen molar-refractivity contribution in [3.8, 4) is 11.5 Å². The number of rotatable bonds is 10. The van der Waals surface area contributed by atoms with E-state index in [4.69, 9.17) is 18.9 Å². The van der Waals surface area contributed by atoms with Gasteiger partial charge in [0.2, 0.25) is 11.8 Å². The molecule has 0 heterocycles. The van der Waals surface area contributed by atoms with Crippen molar-refractivity contribution in [2.75, 3.05) is 66.4 Å². The van der Waals surface area contributed by atoms with Gasteiger partial charge in [-0.2, -0.15) is 0 Å². The Labute approximate surface area is 173 Å². The van der Waals surface area contributed by atoms with Gasteiger partial charge in [-0.3, -0.25) is 19.2 Å². The van der Waals surface area contributed by atoms with E-state index in [1.165, 1.54) is 42.5 Å². The largest absolute Gasteiger partial charge is 0.494 e. The lowest BCUT2D eigenvalue weighted by Gasteiger charge is -2.24. The van der Waals surface area contributed by atoms with Crippen molar-refractivity contribution in [3.63, 3.8) is 0 Å². The number of ether oxygens (including phenoxy) is 4. The molecule has 166 valence electrons. The van der Waals surface area contributed by atoms with Crippen molar-refractivity contribution >= 4 is 35.0 Å². The molecule has 4 amide bonds. The molecule has 0 atom stereocenters. The number of amides is 4. The number of carbonyl (C=O) groups is 4. The van der Waals surface area contributed by atoms with Gasteiger partial charge in [-0.1, -0.05) is 0 Å². The Morgan fingerprint density at radius 1 is 0.667 bits per heavy atom. The van der Waals surface area contributed by atoms with E-state index in [0.717, 1.165) is 0 Å². The molecule has 0 saturated carbocycles. The summed E-state index contributed by atoms with van der Waals surface area (Å²) in [6, 6.07) is 0. The lowest BCUT2D eigenvalue weighted by molar-refractivity contribution is -0.120. The maximum absolute atomic E-state index is 12.7. The van der Waals surface area contributed by atoms with Crippen LogP contribution in [0.25, 0.3) is 0 Å². The molecular formula is C18H26N4O8. The molecule has 1 aromatic rings. The van der Waals surface area contributed by atoms with Crippen molar-refractivity contribution in [2.45, 2.75) is 0 Å². The van der Waals surface area contributed by atoms with E-state index in [1.807, 2.05) is 0 Å². The molecule has 0 saturated heterocycles.